The van der Waals surface area contributed by atoms with E-state index in [0.717, 1.165) is 16.7 Å². The predicted molar refractivity (Wildman–Crippen MR) is 223 cm³/mol. The highest BCUT2D eigenvalue weighted by molar-refractivity contribution is 7.99. The first kappa shape index (κ1) is 41.0. The van der Waals surface area contributed by atoms with E-state index >= 15 is 0 Å². The number of hydrogen-bond donors (Lipinski definition) is 3. The molecule has 7 aliphatic rings. The average Bonchev–Trinajstić information content (AvgIpc) is 3.70. The third kappa shape index (κ3) is 6.18. The molecule has 1 spiro atoms. The number of fused-ring (bicyclic) bond motifs is 9. The van der Waals surface area contributed by atoms with E-state index in [9.17, 15) is 25.1 Å². The van der Waals surface area contributed by atoms with E-state index in [2.05, 4.69) is 27.8 Å². The molecule has 61 heavy (non-hydrogen) atoms. The van der Waals surface area contributed by atoms with Crippen LogP contribution in [0.15, 0.2) is 30.9 Å². The molecule has 16 heteroatoms. The summed E-state index contributed by atoms with van der Waals surface area (Å²) in [5.41, 5.74) is 3.21. The van der Waals surface area contributed by atoms with Gasteiger partial charge in [-0.05, 0) is 81.8 Å². The van der Waals surface area contributed by atoms with Crippen LogP contribution in [0.4, 0.5) is 4.79 Å². The summed E-state index contributed by atoms with van der Waals surface area (Å²) >= 11 is 1.45. The van der Waals surface area contributed by atoms with Crippen molar-refractivity contribution in [2.24, 2.45) is 0 Å². The molecule has 3 N–H and O–H groups in total. The molecule has 7 atom stereocenters. The van der Waals surface area contributed by atoms with Gasteiger partial charge in [0.2, 0.25) is 6.79 Å². The Bertz CT molecular complexity index is 2410. The number of piperazine rings is 1. The molecule has 3 aromatic carbocycles. The van der Waals surface area contributed by atoms with Gasteiger partial charge in [-0.1, -0.05) is 12.1 Å². The summed E-state index contributed by atoms with van der Waals surface area (Å²) in [4.78, 5) is 32.2. The molecule has 322 valence electrons. The molecule has 7 aliphatic heterocycles. The Labute approximate surface area is 358 Å². The van der Waals surface area contributed by atoms with Gasteiger partial charge in [0.15, 0.2) is 40.0 Å². The molecule has 15 nitrogen and oxygen atoms in total. The minimum absolute atomic E-state index is 0.0249. The van der Waals surface area contributed by atoms with Gasteiger partial charge in [0.05, 0.1) is 37.6 Å². The molecule has 4 bridgehead atoms. The summed E-state index contributed by atoms with van der Waals surface area (Å²) in [5, 5.41) is 38.8. The number of nitrogens with zero attached hydrogens (tertiary/aromatic N) is 3. The molecule has 2 fully saturated rings. The Balaban J connectivity index is 1.25. The van der Waals surface area contributed by atoms with Crippen LogP contribution in [0.25, 0.3) is 0 Å². The van der Waals surface area contributed by atoms with Crippen molar-refractivity contribution in [1.82, 2.24) is 15.1 Å². The number of methoxy groups -OCH3 is 2. The number of esters is 1. The third-order valence-electron chi connectivity index (χ3n) is 12.9. The van der Waals surface area contributed by atoms with Gasteiger partial charge in [-0.3, -0.25) is 15.1 Å². The number of benzene rings is 3. The minimum Gasteiger partial charge on any atom is -0.507 e. The number of phenolic OH excluding ortho intramolecular Hbond substituents is 2. The third-order valence-corrected chi connectivity index (χ3v) is 14.4. The Hall–Kier alpha value is -5.34. The molecule has 7 heterocycles. The summed E-state index contributed by atoms with van der Waals surface area (Å²) < 4.78 is 41.3. The molecule has 3 aromatic rings. The first-order valence-corrected chi connectivity index (χ1v) is 21.5. The fraction of sp³-hybridized carbons (Fsp3) is 0.489. The van der Waals surface area contributed by atoms with E-state index in [1.165, 1.54) is 26.0 Å². The Morgan fingerprint density at radius 2 is 1.84 bits per heavy atom. The normalized spacial score (nSPS) is 27.4. The fourth-order valence-electron chi connectivity index (χ4n) is 10.6. The van der Waals surface area contributed by atoms with Crippen LogP contribution >= 0.6 is 11.8 Å². The molecular formula is C45H50N4O11S. The predicted octanol–water partition coefficient (Wildman–Crippen LogP) is 5.93. The maximum Gasteiger partial charge on any atom is 0.514 e. The lowest BCUT2D eigenvalue weighted by atomic mass is 9.71. The highest BCUT2D eigenvalue weighted by Crippen LogP contribution is 2.64. The quantitative estimate of drug-likeness (QED) is 0.156. The number of carbonyl (C=O) groups is 2. The summed E-state index contributed by atoms with van der Waals surface area (Å²) in [6.45, 7) is 13.5. The number of aromatic hydroxyl groups is 2. The molecule has 10 rings (SSSR count). The highest BCUT2D eigenvalue weighted by atomic mass is 32.2. The summed E-state index contributed by atoms with van der Waals surface area (Å²) in [6.07, 6.45) is 1.88. The smallest absolute Gasteiger partial charge is 0.507 e. The zero-order chi connectivity index (χ0) is 43.3. The lowest BCUT2D eigenvalue weighted by Gasteiger charge is -2.62. The van der Waals surface area contributed by atoms with Gasteiger partial charge in [0, 0.05) is 53.2 Å². The Morgan fingerprint density at radius 3 is 2.54 bits per heavy atom. The second kappa shape index (κ2) is 14.9. The highest BCUT2D eigenvalue weighted by Gasteiger charge is 2.62. The zero-order valence-electron chi connectivity index (χ0n) is 35.2. The maximum atomic E-state index is 15.0. The monoisotopic (exact) mass is 854 g/mol. The minimum atomic E-state index is -1.43. The van der Waals surface area contributed by atoms with Gasteiger partial charge < -0.3 is 43.4 Å². The number of aryl methyl sites for hydroxylation is 1. The van der Waals surface area contributed by atoms with Crippen LogP contribution in [-0.4, -0.2) is 102 Å². The van der Waals surface area contributed by atoms with Crippen LogP contribution in [0, 0.1) is 25.2 Å². The molecule has 0 aromatic heterocycles. The number of phenols is 2. The number of ether oxygens (including phenoxy) is 7. The molecular weight excluding hydrogens is 805 g/mol. The second-order valence-corrected chi connectivity index (χ2v) is 18.5. The van der Waals surface area contributed by atoms with Crippen molar-refractivity contribution >= 4 is 23.9 Å². The first-order valence-electron chi connectivity index (χ1n) is 20.4. The van der Waals surface area contributed by atoms with Crippen molar-refractivity contribution in [2.45, 2.75) is 94.1 Å². The van der Waals surface area contributed by atoms with Gasteiger partial charge in [-0.2, -0.15) is 5.26 Å². The molecule has 2 saturated heterocycles. The van der Waals surface area contributed by atoms with E-state index in [1.807, 2.05) is 19.1 Å². The summed E-state index contributed by atoms with van der Waals surface area (Å²) in [5.74, 6) is 1.20. The fourth-order valence-corrected chi connectivity index (χ4v) is 12.3. The topological polar surface area (TPSA) is 182 Å². The number of carbonyl (C=O) groups excluding carboxylic acids is 2. The van der Waals surface area contributed by atoms with Gasteiger partial charge in [0.25, 0.3) is 0 Å². The van der Waals surface area contributed by atoms with Crippen molar-refractivity contribution in [2.75, 3.05) is 46.5 Å². The van der Waals surface area contributed by atoms with Crippen molar-refractivity contribution in [1.29, 1.82) is 5.26 Å². The van der Waals surface area contributed by atoms with E-state index < -0.39 is 52.7 Å². The molecule has 0 saturated carbocycles. The van der Waals surface area contributed by atoms with Crippen LogP contribution in [-0.2, 0) is 32.6 Å². The number of hydrogen-bond acceptors (Lipinski definition) is 16. The van der Waals surface area contributed by atoms with Crippen LogP contribution < -0.4 is 29.0 Å². The van der Waals surface area contributed by atoms with Gasteiger partial charge in [-0.25, -0.2) is 9.59 Å². The lowest BCUT2D eigenvalue weighted by Crippen LogP contribution is -2.70. The Kier molecular flexibility index (Phi) is 10.0. The van der Waals surface area contributed by atoms with Crippen molar-refractivity contribution in [3.05, 3.63) is 75.4 Å². The molecule has 0 amide bonds. The lowest BCUT2D eigenvalue weighted by molar-refractivity contribution is -0.157. The van der Waals surface area contributed by atoms with Crippen LogP contribution in [0.3, 0.4) is 0 Å². The van der Waals surface area contributed by atoms with Gasteiger partial charge in [0.1, 0.15) is 24.0 Å². The maximum absolute atomic E-state index is 15.0. The standard InChI is InChI=1S/C45H50N4O11S/c1-9-12-48-26-14-24-13-21(2)38(55-8)37(51)31(24)34(48)35-41-33-32(40-39(57-20-58-40)22(3)36(33)50)28(49(35)27(26)17-46)18-56-42(52)45(19-61-41)25-16-29(54-7)30(15-23(25)10-11-47-45)59-43(53)60-44(4,5)6/h9,13,15-16,26-28,34-35,41,47,50-51H,1,10-12,14,18-20H2,2-8H3/t26-,27-,28+,34-,35?,41+,45+/m0/s1. The summed E-state index contributed by atoms with van der Waals surface area (Å²) in [6, 6.07) is 5.14. The number of nitrogens with one attached hydrogen (secondary N) is 1. The van der Waals surface area contributed by atoms with E-state index in [4.69, 9.17) is 33.2 Å². The van der Waals surface area contributed by atoms with E-state index in [-0.39, 0.29) is 48.2 Å². The van der Waals surface area contributed by atoms with E-state index in [1.54, 1.807) is 39.8 Å². The van der Waals surface area contributed by atoms with Crippen LogP contribution in [0.1, 0.15) is 82.6 Å². The summed E-state index contributed by atoms with van der Waals surface area (Å²) in [7, 11) is 2.99. The van der Waals surface area contributed by atoms with Crippen molar-refractivity contribution < 1.29 is 53.0 Å². The van der Waals surface area contributed by atoms with Crippen LogP contribution in [0.2, 0.25) is 0 Å². The number of rotatable bonds is 5. The van der Waals surface area contributed by atoms with Gasteiger partial charge in [-0.15, -0.1) is 18.3 Å². The SMILES string of the molecule is C=CCN1[C@H]2c3c(cc(C)c(OC)c3O)C[C@H]1[C@H](C#N)N1C2[C@@H]2SC[C@]3(NCCc4cc(OC(=O)OC(C)(C)C)c(OC)cc43)C(=O)OC[C@@H]1c1c3c(c(C)c(O)c12)OCO3. The largest absolute Gasteiger partial charge is 0.514 e. The first-order chi connectivity index (χ1) is 29.2. The van der Waals surface area contributed by atoms with Crippen LogP contribution in [0.5, 0.6) is 40.2 Å². The molecule has 0 radical (unpaired) electrons. The second-order valence-electron chi connectivity index (χ2n) is 17.4. The number of nitriles is 1. The van der Waals surface area contributed by atoms with Gasteiger partial charge >= 0.3 is 12.1 Å². The molecule has 1 unspecified atom stereocenters. The zero-order valence-corrected chi connectivity index (χ0v) is 36.1. The Morgan fingerprint density at radius 1 is 1.07 bits per heavy atom. The van der Waals surface area contributed by atoms with E-state index in [0.29, 0.717) is 71.0 Å². The van der Waals surface area contributed by atoms with Crippen molar-refractivity contribution in [3.8, 4) is 46.3 Å². The average molecular weight is 855 g/mol. The van der Waals surface area contributed by atoms with Crippen molar-refractivity contribution in [3.63, 3.8) is 0 Å². The molecule has 0 aliphatic carbocycles. The number of thioether (sulfide) groups is 1.